The number of anilines is 1. The molecule has 1 aromatic heterocycles. The van der Waals surface area contributed by atoms with Gasteiger partial charge in [0.2, 0.25) is 5.91 Å². The van der Waals surface area contributed by atoms with E-state index in [4.69, 9.17) is 11.6 Å². The number of hydrogen-bond donors (Lipinski definition) is 3. The summed E-state index contributed by atoms with van der Waals surface area (Å²) in [4.78, 5) is 34.2. The number of carbonyl (C=O) groups is 1. The number of nitrogens with one attached hydrogen (secondary N) is 1. The molecule has 1 unspecified atom stereocenters. The molecule has 1 amide bonds. The van der Waals surface area contributed by atoms with Gasteiger partial charge < -0.3 is 15.1 Å². The fraction of sp³-hybridized carbons (Fsp3) is 0.455. The van der Waals surface area contributed by atoms with Gasteiger partial charge in [-0.05, 0) is 24.5 Å². The molecule has 0 saturated heterocycles. The van der Waals surface area contributed by atoms with Crippen LogP contribution in [0.5, 0.6) is 0 Å². The molecule has 0 aliphatic heterocycles. The van der Waals surface area contributed by atoms with Crippen molar-refractivity contribution in [2.75, 3.05) is 5.32 Å². The molecule has 0 saturated carbocycles. The molecule has 19 heavy (non-hydrogen) atoms. The van der Waals surface area contributed by atoms with Crippen molar-refractivity contribution in [3.8, 4) is 0 Å². The average Bonchev–Trinajstić information content (AvgIpc) is 2.27. The minimum absolute atomic E-state index is 0.00767. The van der Waals surface area contributed by atoms with E-state index in [2.05, 4.69) is 10.3 Å². The Hall–Kier alpha value is -0.940. The number of pyridine rings is 1. The van der Waals surface area contributed by atoms with Crippen LogP contribution in [0, 0.1) is 5.92 Å². The highest BCUT2D eigenvalue weighted by atomic mass is 35.5. The number of hydrogen-bond acceptors (Lipinski definition) is 3. The zero-order chi connectivity index (χ0) is 14.6. The van der Waals surface area contributed by atoms with Crippen molar-refractivity contribution in [1.29, 1.82) is 0 Å². The second-order valence-corrected chi connectivity index (χ2v) is 6.78. The van der Waals surface area contributed by atoms with Crippen molar-refractivity contribution in [2.45, 2.75) is 25.9 Å². The predicted octanol–water partition coefficient (Wildman–Crippen LogP) is 2.27. The van der Waals surface area contributed by atoms with Gasteiger partial charge in [-0.2, -0.15) is 0 Å². The van der Waals surface area contributed by atoms with Gasteiger partial charge in [0.05, 0.1) is 11.9 Å². The Morgan fingerprint density at radius 1 is 1.47 bits per heavy atom. The Bertz CT molecular complexity index is 486. The van der Waals surface area contributed by atoms with E-state index in [0.29, 0.717) is 5.69 Å². The van der Waals surface area contributed by atoms with Crippen molar-refractivity contribution in [3.63, 3.8) is 0 Å². The largest absolute Gasteiger partial charge is 0.337 e. The molecule has 6 nitrogen and oxygen atoms in total. The highest BCUT2D eigenvalue weighted by Crippen LogP contribution is 2.44. The molecule has 8 heteroatoms. The van der Waals surface area contributed by atoms with Crippen LogP contribution in [-0.2, 0) is 9.36 Å². The quantitative estimate of drug-likeness (QED) is 0.572. The molecule has 106 valence electrons. The summed E-state index contributed by atoms with van der Waals surface area (Å²) in [7, 11) is -4.49. The Morgan fingerprint density at radius 2 is 2.11 bits per heavy atom. The summed E-state index contributed by atoms with van der Waals surface area (Å²) in [6.07, 6.45) is 1.43. The maximum atomic E-state index is 11.9. The molecule has 0 aliphatic carbocycles. The van der Waals surface area contributed by atoms with Crippen LogP contribution >= 0.6 is 19.2 Å². The van der Waals surface area contributed by atoms with E-state index < -0.39 is 19.2 Å². The second kappa shape index (κ2) is 6.48. The third-order valence-corrected chi connectivity index (χ3v) is 3.88. The standard InChI is InChI=1S/C11H16ClN2O4P/c1-7(2)5-9(19(16,17)18)11(15)14-8-3-4-10(12)13-6-8/h3-4,6-7,9H,5H2,1-2H3,(H,14,15)(H2,16,17,18). The summed E-state index contributed by atoms with van der Waals surface area (Å²) < 4.78 is 11.3. The lowest BCUT2D eigenvalue weighted by molar-refractivity contribution is -0.116. The van der Waals surface area contributed by atoms with E-state index in [1.807, 2.05) is 0 Å². The first-order valence-electron chi connectivity index (χ1n) is 5.67. The van der Waals surface area contributed by atoms with Gasteiger partial charge in [-0.1, -0.05) is 25.4 Å². The van der Waals surface area contributed by atoms with E-state index in [1.54, 1.807) is 13.8 Å². The van der Waals surface area contributed by atoms with E-state index >= 15 is 0 Å². The molecule has 1 aromatic rings. The third-order valence-electron chi connectivity index (χ3n) is 2.40. The van der Waals surface area contributed by atoms with Gasteiger partial charge in [0.25, 0.3) is 0 Å². The topological polar surface area (TPSA) is 99.5 Å². The van der Waals surface area contributed by atoms with Gasteiger partial charge in [-0.25, -0.2) is 4.98 Å². The third kappa shape index (κ3) is 5.28. The van der Waals surface area contributed by atoms with Crippen molar-refractivity contribution in [3.05, 3.63) is 23.5 Å². The number of carbonyl (C=O) groups excluding carboxylic acids is 1. The molecule has 1 atom stereocenters. The molecule has 0 aliphatic rings. The maximum Gasteiger partial charge on any atom is 0.337 e. The minimum atomic E-state index is -4.49. The highest BCUT2D eigenvalue weighted by Gasteiger charge is 2.36. The zero-order valence-electron chi connectivity index (χ0n) is 10.6. The van der Waals surface area contributed by atoms with Crippen LogP contribution in [0.4, 0.5) is 5.69 Å². The SMILES string of the molecule is CC(C)CC(C(=O)Nc1ccc(Cl)nc1)P(=O)(O)O. The highest BCUT2D eigenvalue weighted by molar-refractivity contribution is 7.53. The lowest BCUT2D eigenvalue weighted by atomic mass is 10.1. The Balaban J connectivity index is 2.83. The van der Waals surface area contributed by atoms with Crippen LogP contribution in [0.2, 0.25) is 5.15 Å². The number of nitrogens with zero attached hydrogens (tertiary/aromatic N) is 1. The fourth-order valence-corrected chi connectivity index (χ4v) is 2.70. The van der Waals surface area contributed by atoms with Crippen LogP contribution in [0.3, 0.4) is 0 Å². The van der Waals surface area contributed by atoms with Crippen LogP contribution in [0.25, 0.3) is 0 Å². The predicted molar refractivity (Wildman–Crippen MR) is 73.2 cm³/mol. The summed E-state index contributed by atoms with van der Waals surface area (Å²) in [6, 6.07) is 2.99. The van der Waals surface area contributed by atoms with Crippen molar-refractivity contribution in [2.24, 2.45) is 5.92 Å². The monoisotopic (exact) mass is 306 g/mol. The molecule has 1 rings (SSSR count). The minimum Gasteiger partial charge on any atom is -0.324 e. The molecular weight excluding hydrogens is 291 g/mol. The van der Waals surface area contributed by atoms with E-state index in [-0.39, 0.29) is 17.5 Å². The van der Waals surface area contributed by atoms with Gasteiger partial charge in [-0.3, -0.25) is 9.36 Å². The molecule has 0 radical (unpaired) electrons. The summed E-state index contributed by atoms with van der Waals surface area (Å²) >= 11 is 5.60. The van der Waals surface area contributed by atoms with Gasteiger partial charge >= 0.3 is 7.60 Å². The number of rotatable bonds is 5. The Morgan fingerprint density at radius 3 is 2.53 bits per heavy atom. The lowest BCUT2D eigenvalue weighted by Crippen LogP contribution is -2.29. The molecule has 0 aromatic carbocycles. The first-order valence-corrected chi connectivity index (χ1v) is 7.73. The molecule has 1 heterocycles. The number of amides is 1. The first-order chi connectivity index (χ1) is 8.70. The second-order valence-electron chi connectivity index (χ2n) is 4.59. The molecule has 0 fully saturated rings. The van der Waals surface area contributed by atoms with Crippen LogP contribution in [0.1, 0.15) is 20.3 Å². The maximum absolute atomic E-state index is 11.9. The summed E-state index contributed by atoms with van der Waals surface area (Å²) in [5.41, 5.74) is -1.01. The Kier molecular flexibility index (Phi) is 5.50. The van der Waals surface area contributed by atoms with Gasteiger partial charge in [0.15, 0.2) is 0 Å². The smallest absolute Gasteiger partial charge is 0.324 e. The first kappa shape index (κ1) is 16.1. The average molecular weight is 307 g/mol. The van der Waals surface area contributed by atoms with Gasteiger partial charge in [0.1, 0.15) is 10.8 Å². The van der Waals surface area contributed by atoms with E-state index in [0.717, 1.165) is 0 Å². The van der Waals surface area contributed by atoms with E-state index in [9.17, 15) is 19.1 Å². The van der Waals surface area contributed by atoms with Crippen LogP contribution in [-0.4, -0.2) is 26.3 Å². The van der Waals surface area contributed by atoms with Crippen molar-refractivity contribution < 1.29 is 19.1 Å². The summed E-state index contributed by atoms with van der Waals surface area (Å²) in [5.74, 6) is -0.724. The Labute approximate surface area is 116 Å². The number of halogens is 1. The summed E-state index contributed by atoms with van der Waals surface area (Å²) in [6.45, 7) is 3.58. The lowest BCUT2D eigenvalue weighted by Gasteiger charge is -2.19. The van der Waals surface area contributed by atoms with Crippen LogP contribution in [0.15, 0.2) is 18.3 Å². The van der Waals surface area contributed by atoms with Crippen LogP contribution < -0.4 is 5.32 Å². The molecule has 0 spiro atoms. The zero-order valence-corrected chi connectivity index (χ0v) is 12.2. The molecule has 3 N–H and O–H groups in total. The summed E-state index contributed by atoms with van der Waals surface area (Å²) in [5, 5.41) is 2.70. The van der Waals surface area contributed by atoms with Gasteiger partial charge in [-0.15, -0.1) is 0 Å². The fourth-order valence-electron chi connectivity index (χ4n) is 1.52. The number of aromatic nitrogens is 1. The molecule has 0 bridgehead atoms. The van der Waals surface area contributed by atoms with E-state index in [1.165, 1.54) is 18.3 Å². The molecular formula is C11H16ClN2O4P. The van der Waals surface area contributed by atoms with Crippen molar-refractivity contribution in [1.82, 2.24) is 4.98 Å². The van der Waals surface area contributed by atoms with Gasteiger partial charge in [0, 0.05) is 0 Å². The van der Waals surface area contributed by atoms with Crippen molar-refractivity contribution >= 4 is 30.8 Å². The normalized spacial score (nSPS) is 13.4.